The minimum absolute atomic E-state index is 0.0126. The van der Waals surface area contributed by atoms with Crippen LogP contribution in [0.5, 0.6) is 0 Å². The normalized spacial score (nSPS) is 20.1. The number of alkyl halides is 4. The Morgan fingerprint density at radius 3 is 2.54 bits per heavy atom. The standard InChI is InChI=1S/C16H15BrF3N3O/c1-8-12-10(24)6-15(2,3)14(17)13(12)23(22-8)11-5-4-9(7-21-11)16(18,19)20/h4-5,7,14H,6H2,1-3H3. The molecule has 8 heteroatoms. The predicted molar refractivity (Wildman–Crippen MR) is 85.5 cm³/mol. The van der Waals surface area contributed by atoms with Crippen molar-refractivity contribution in [3.63, 3.8) is 0 Å². The minimum Gasteiger partial charge on any atom is -0.294 e. The number of halogens is 4. The van der Waals surface area contributed by atoms with E-state index in [-0.39, 0.29) is 21.8 Å². The first kappa shape index (κ1) is 17.1. The van der Waals surface area contributed by atoms with Gasteiger partial charge in [-0.25, -0.2) is 9.67 Å². The Morgan fingerprint density at radius 1 is 1.33 bits per heavy atom. The van der Waals surface area contributed by atoms with Crippen LogP contribution in [-0.2, 0) is 6.18 Å². The predicted octanol–water partition coefficient (Wildman–Crippen LogP) is 4.64. The molecule has 24 heavy (non-hydrogen) atoms. The molecule has 0 fully saturated rings. The van der Waals surface area contributed by atoms with Gasteiger partial charge in [0.05, 0.1) is 27.3 Å². The summed E-state index contributed by atoms with van der Waals surface area (Å²) in [5.41, 5.74) is 0.562. The van der Waals surface area contributed by atoms with Crippen molar-refractivity contribution >= 4 is 21.7 Å². The zero-order chi connectivity index (χ0) is 17.9. The summed E-state index contributed by atoms with van der Waals surface area (Å²) in [6, 6.07) is 2.23. The Balaban J connectivity index is 2.14. The lowest BCUT2D eigenvalue weighted by atomic mass is 9.75. The lowest BCUT2D eigenvalue weighted by Gasteiger charge is -2.34. The van der Waals surface area contributed by atoms with Crippen LogP contribution >= 0.6 is 15.9 Å². The average Bonchev–Trinajstić information content (AvgIpc) is 2.82. The number of pyridine rings is 1. The van der Waals surface area contributed by atoms with Gasteiger partial charge in [-0.3, -0.25) is 4.79 Å². The molecule has 0 saturated carbocycles. The molecular weight excluding hydrogens is 387 g/mol. The molecule has 1 aliphatic rings. The third kappa shape index (κ3) is 2.66. The lowest BCUT2D eigenvalue weighted by Crippen LogP contribution is -2.30. The van der Waals surface area contributed by atoms with Crippen molar-refractivity contribution < 1.29 is 18.0 Å². The highest BCUT2D eigenvalue weighted by atomic mass is 79.9. The summed E-state index contributed by atoms with van der Waals surface area (Å²) in [6.45, 7) is 5.63. The molecular formula is C16H15BrF3N3O. The van der Waals surface area contributed by atoms with E-state index in [1.165, 1.54) is 10.7 Å². The Labute approximate surface area is 145 Å². The minimum atomic E-state index is -4.44. The van der Waals surface area contributed by atoms with Crippen LogP contribution < -0.4 is 0 Å². The fourth-order valence-corrected chi connectivity index (χ4v) is 3.52. The number of hydrogen-bond donors (Lipinski definition) is 0. The molecule has 0 radical (unpaired) electrons. The number of nitrogens with zero attached hydrogens (tertiary/aromatic N) is 3. The zero-order valence-corrected chi connectivity index (χ0v) is 14.9. The highest BCUT2D eigenvalue weighted by Gasteiger charge is 2.43. The lowest BCUT2D eigenvalue weighted by molar-refractivity contribution is -0.137. The third-order valence-electron chi connectivity index (χ3n) is 4.21. The molecule has 0 aromatic carbocycles. The van der Waals surface area contributed by atoms with Crippen LogP contribution in [0.1, 0.15) is 52.4 Å². The van der Waals surface area contributed by atoms with Crippen LogP contribution in [0.2, 0.25) is 0 Å². The number of rotatable bonds is 1. The number of aryl methyl sites for hydroxylation is 1. The van der Waals surface area contributed by atoms with Crippen LogP contribution in [-0.4, -0.2) is 20.5 Å². The molecule has 0 spiro atoms. The van der Waals surface area contributed by atoms with E-state index < -0.39 is 11.7 Å². The number of Topliss-reactive ketones (excluding diaryl/α,β-unsaturated/α-hetero) is 1. The second kappa shape index (κ2) is 5.40. The van der Waals surface area contributed by atoms with Crippen LogP contribution in [0.4, 0.5) is 13.2 Å². The highest BCUT2D eigenvalue weighted by molar-refractivity contribution is 9.09. The van der Waals surface area contributed by atoms with E-state index in [2.05, 4.69) is 26.0 Å². The highest BCUT2D eigenvalue weighted by Crippen LogP contribution is 2.49. The zero-order valence-electron chi connectivity index (χ0n) is 13.3. The Kier molecular flexibility index (Phi) is 3.86. The van der Waals surface area contributed by atoms with Crippen molar-refractivity contribution in [2.75, 3.05) is 0 Å². The maximum Gasteiger partial charge on any atom is 0.417 e. The van der Waals surface area contributed by atoms with E-state index in [0.717, 1.165) is 12.3 Å². The summed E-state index contributed by atoms with van der Waals surface area (Å²) in [7, 11) is 0. The van der Waals surface area contributed by atoms with Crippen molar-refractivity contribution in [2.45, 2.75) is 38.2 Å². The van der Waals surface area contributed by atoms with Gasteiger partial charge in [-0.15, -0.1) is 0 Å². The quantitative estimate of drug-likeness (QED) is 0.653. The molecule has 0 amide bonds. The molecule has 0 saturated heterocycles. The first-order valence-corrected chi connectivity index (χ1v) is 8.24. The number of fused-ring (bicyclic) bond motifs is 1. The Morgan fingerprint density at radius 2 is 2.00 bits per heavy atom. The van der Waals surface area contributed by atoms with E-state index in [0.29, 0.717) is 23.4 Å². The monoisotopic (exact) mass is 401 g/mol. The molecule has 1 aliphatic carbocycles. The molecule has 1 atom stereocenters. The molecule has 4 nitrogen and oxygen atoms in total. The van der Waals surface area contributed by atoms with Gasteiger partial charge in [-0.2, -0.15) is 18.3 Å². The number of hydrogen-bond acceptors (Lipinski definition) is 3. The number of carbonyl (C=O) groups is 1. The first-order valence-electron chi connectivity index (χ1n) is 7.33. The van der Waals surface area contributed by atoms with Crippen LogP contribution in [0.15, 0.2) is 18.3 Å². The largest absolute Gasteiger partial charge is 0.417 e. The SMILES string of the molecule is Cc1nn(-c2ccc(C(F)(F)F)cn2)c2c1C(=O)CC(C)(C)C2Br. The van der Waals surface area contributed by atoms with Gasteiger partial charge in [0, 0.05) is 12.6 Å². The molecule has 2 aromatic heterocycles. The number of carbonyl (C=O) groups excluding carboxylic acids is 1. The molecule has 0 N–H and O–H groups in total. The summed E-state index contributed by atoms with van der Waals surface area (Å²) in [4.78, 5) is 16.2. The van der Waals surface area contributed by atoms with E-state index in [1.807, 2.05) is 13.8 Å². The van der Waals surface area contributed by atoms with Crippen molar-refractivity contribution in [3.8, 4) is 5.82 Å². The summed E-state index contributed by atoms with van der Waals surface area (Å²) in [5.74, 6) is 0.240. The van der Waals surface area contributed by atoms with Gasteiger partial charge in [0.2, 0.25) is 0 Å². The third-order valence-corrected chi connectivity index (χ3v) is 5.88. The molecule has 1 unspecified atom stereocenters. The molecule has 3 rings (SSSR count). The topological polar surface area (TPSA) is 47.8 Å². The van der Waals surface area contributed by atoms with E-state index in [9.17, 15) is 18.0 Å². The van der Waals surface area contributed by atoms with Gasteiger partial charge in [-0.05, 0) is 24.5 Å². The second-order valence-corrected chi connectivity index (χ2v) is 7.53. The van der Waals surface area contributed by atoms with Crippen LogP contribution in [0, 0.1) is 12.3 Å². The summed E-state index contributed by atoms with van der Waals surface area (Å²) >= 11 is 3.62. The summed E-state index contributed by atoms with van der Waals surface area (Å²) in [6.07, 6.45) is -3.29. The fraction of sp³-hybridized carbons (Fsp3) is 0.438. The summed E-state index contributed by atoms with van der Waals surface area (Å²) in [5, 5.41) is 4.34. The fourth-order valence-electron chi connectivity index (χ4n) is 2.94. The van der Waals surface area contributed by atoms with Crippen LogP contribution in [0.25, 0.3) is 5.82 Å². The Hall–Kier alpha value is -1.70. The summed E-state index contributed by atoms with van der Waals surface area (Å²) < 4.78 is 39.6. The van der Waals surface area contributed by atoms with Gasteiger partial charge in [0.15, 0.2) is 11.6 Å². The van der Waals surface area contributed by atoms with Gasteiger partial charge < -0.3 is 0 Å². The maximum atomic E-state index is 12.7. The molecule has 2 heterocycles. The Bertz CT molecular complexity index is 809. The van der Waals surface area contributed by atoms with Crippen LogP contribution in [0.3, 0.4) is 0 Å². The smallest absolute Gasteiger partial charge is 0.294 e. The van der Waals surface area contributed by atoms with E-state index in [4.69, 9.17) is 0 Å². The van der Waals surface area contributed by atoms with Crippen molar-refractivity contribution in [1.82, 2.24) is 14.8 Å². The van der Waals surface area contributed by atoms with Gasteiger partial charge in [-0.1, -0.05) is 29.8 Å². The van der Waals surface area contributed by atoms with Gasteiger partial charge in [0.1, 0.15) is 0 Å². The van der Waals surface area contributed by atoms with E-state index in [1.54, 1.807) is 6.92 Å². The molecule has 128 valence electrons. The second-order valence-electron chi connectivity index (χ2n) is 6.61. The number of ketones is 1. The molecule has 0 aliphatic heterocycles. The molecule has 0 bridgehead atoms. The van der Waals surface area contributed by atoms with Crippen molar-refractivity contribution in [1.29, 1.82) is 0 Å². The number of aromatic nitrogens is 3. The van der Waals surface area contributed by atoms with Gasteiger partial charge in [0.25, 0.3) is 0 Å². The van der Waals surface area contributed by atoms with E-state index >= 15 is 0 Å². The first-order chi connectivity index (χ1) is 11.0. The average molecular weight is 402 g/mol. The van der Waals surface area contributed by atoms with Gasteiger partial charge >= 0.3 is 6.18 Å². The van der Waals surface area contributed by atoms with Crippen molar-refractivity contribution in [3.05, 3.63) is 40.8 Å². The molecule has 2 aromatic rings. The van der Waals surface area contributed by atoms with Crippen molar-refractivity contribution in [2.24, 2.45) is 5.41 Å². The maximum absolute atomic E-state index is 12.7.